The molecule has 0 bridgehead atoms. The zero-order valence-electron chi connectivity index (χ0n) is 4.13. The maximum Gasteiger partial charge on any atom is 0.0874 e. The first-order valence-electron chi connectivity index (χ1n) is 2.40. The molecule has 1 heterocycles. The molecule has 0 aromatic heterocycles. The topological polar surface area (TPSA) is 17.1 Å². The SMILES string of the molecule is O=S1c2ccccc21. The number of hydrogen-bond acceptors (Lipinski definition) is 1. The van der Waals surface area contributed by atoms with Gasteiger partial charge < -0.3 is 0 Å². The number of hydrogen-bond donors (Lipinski definition) is 0. The zero-order chi connectivity index (χ0) is 5.56. The van der Waals surface area contributed by atoms with Gasteiger partial charge in [-0.15, -0.1) is 0 Å². The molecule has 0 fully saturated rings. The van der Waals surface area contributed by atoms with Crippen LogP contribution >= 0.6 is 0 Å². The molecular formula is C6H4OS. The van der Waals surface area contributed by atoms with E-state index in [1.54, 1.807) is 0 Å². The summed E-state index contributed by atoms with van der Waals surface area (Å²) in [7, 11) is -0.715. The fraction of sp³-hybridized carbons (Fsp3) is 0. The summed E-state index contributed by atoms with van der Waals surface area (Å²) >= 11 is 0. The van der Waals surface area contributed by atoms with Crippen LogP contribution in [0.1, 0.15) is 0 Å². The third-order valence-electron chi connectivity index (χ3n) is 1.21. The Morgan fingerprint density at radius 2 is 1.62 bits per heavy atom. The normalized spacial score (nSPS) is 15.5. The van der Waals surface area contributed by atoms with Crippen molar-refractivity contribution in [1.82, 2.24) is 0 Å². The Bertz CT molecular complexity index is 229. The van der Waals surface area contributed by atoms with Crippen molar-refractivity contribution in [3.05, 3.63) is 24.3 Å². The number of benzene rings is 1. The van der Waals surface area contributed by atoms with Gasteiger partial charge in [0.05, 0.1) is 20.6 Å². The van der Waals surface area contributed by atoms with Gasteiger partial charge in [-0.3, -0.25) is 0 Å². The maximum atomic E-state index is 10.7. The Labute approximate surface area is 49.8 Å². The van der Waals surface area contributed by atoms with Crippen LogP contribution in [-0.4, -0.2) is 4.21 Å². The molecule has 1 nitrogen and oxygen atoms in total. The molecule has 0 radical (unpaired) electrons. The van der Waals surface area contributed by atoms with Gasteiger partial charge in [-0.2, -0.15) is 0 Å². The van der Waals surface area contributed by atoms with Crippen LogP contribution in [0.2, 0.25) is 0 Å². The molecule has 0 spiro atoms. The fourth-order valence-electron chi connectivity index (χ4n) is 0.732. The molecule has 0 amide bonds. The highest BCUT2D eigenvalue weighted by atomic mass is 32.2. The largest absolute Gasteiger partial charge is 0.249 e. The monoisotopic (exact) mass is 124 g/mol. The molecule has 1 aliphatic rings. The highest BCUT2D eigenvalue weighted by Crippen LogP contribution is 2.34. The standard InChI is InChI=1S/C6H4OS/c7-8-5-3-1-2-4-6(5)8/h1-4H. The highest BCUT2D eigenvalue weighted by molar-refractivity contribution is 7.90. The predicted octanol–water partition coefficient (Wildman–Crippen LogP) is 1.17. The molecule has 8 heavy (non-hydrogen) atoms. The fourth-order valence-corrected chi connectivity index (χ4v) is 1.69. The zero-order valence-corrected chi connectivity index (χ0v) is 4.94. The Morgan fingerprint density at radius 3 is 2.00 bits per heavy atom. The van der Waals surface area contributed by atoms with Crippen molar-refractivity contribution in [1.29, 1.82) is 0 Å². The Balaban J connectivity index is 2.74. The van der Waals surface area contributed by atoms with Crippen LogP contribution in [0.25, 0.3) is 0 Å². The van der Waals surface area contributed by atoms with Gasteiger partial charge in [-0.1, -0.05) is 12.1 Å². The van der Waals surface area contributed by atoms with Gasteiger partial charge in [0, 0.05) is 0 Å². The van der Waals surface area contributed by atoms with Crippen LogP contribution in [0.15, 0.2) is 34.1 Å². The molecule has 40 valence electrons. The van der Waals surface area contributed by atoms with E-state index in [2.05, 4.69) is 0 Å². The average Bonchev–Trinajstić information content (AvgIpc) is 2.46. The van der Waals surface area contributed by atoms with Gasteiger partial charge in [0.1, 0.15) is 0 Å². The Hall–Kier alpha value is -0.630. The molecule has 1 aromatic carbocycles. The van der Waals surface area contributed by atoms with E-state index >= 15 is 0 Å². The van der Waals surface area contributed by atoms with Gasteiger partial charge in [0.25, 0.3) is 0 Å². The Kier molecular flexibility index (Phi) is 0.641. The molecule has 0 atom stereocenters. The molecule has 2 heteroatoms. The summed E-state index contributed by atoms with van der Waals surface area (Å²) in [6.07, 6.45) is 0. The van der Waals surface area contributed by atoms with Crippen LogP contribution in [-0.2, 0) is 10.8 Å². The van der Waals surface area contributed by atoms with Crippen molar-refractivity contribution in [2.45, 2.75) is 9.79 Å². The summed E-state index contributed by atoms with van der Waals surface area (Å²) in [4.78, 5) is 2.01. The van der Waals surface area contributed by atoms with E-state index in [9.17, 15) is 4.21 Å². The van der Waals surface area contributed by atoms with Crippen molar-refractivity contribution in [2.75, 3.05) is 0 Å². The van der Waals surface area contributed by atoms with Gasteiger partial charge in [0.15, 0.2) is 0 Å². The summed E-state index contributed by atoms with van der Waals surface area (Å²) in [5.41, 5.74) is 0. The third kappa shape index (κ3) is 0.383. The van der Waals surface area contributed by atoms with E-state index in [0.717, 1.165) is 9.79 Å². The van der Waals surface area contributed by atoms with Crippen molar-refractivity contribution in [3.8, 4) is 0 Å². The lowest BCUT2D eigenvalue weighted by Crippen LogP contribution is -1.46. The van der Waals surface area contributed by atoms with Crippen LogP contribution in [0.5, 0.6) is 0 Å². The smallest absolute Gasteiger partial charge is 0.0874 e. The average molecular weight is 124 g/mol. The molecule has 0 saturated heterocycles. The second-order valence-corrected chi connectivity index (χ2v) is 3.13. The number of rotatable bonds is 0. The molecule has 1 aromatic rings. The van der Waals surface area contributed by atoms with Crippen LogP contribution in [0.3, 0.4) is 0 Å². The van der Waals surface area contributed by atoms with Crippen molar-refractivity contribution < 1.29 is 4.21 Å². The first-order chi connectivity index (χ1) is 3.89. The summed E-state index contributed by atoms with van der Waals surface area (Å²) in [6.45, 7) is 0. The van der Waals surface area contributed by atoms with Crippen LogP contribution in [0, 0.1) is 0 Å². The summed E-state index contributed by atoms with van der Waals surface area (Å²) < 4.78 is 10.7. The lowest BCUT2D eigenvalue weighted by molar-refractivity contribution is 0.693. The van der Waals surface area contributed by atoms with Crippen LogP contribution < -0.4 is 0 Å². The summed E-state index contributed by atoms with van der Waals surface area (Å²) in [5.74, 6) is 0. The molecule has 2 rings (SSSR count). The van der Waals surface area contributed by atoms with E-state index in [4.69, 9.17) is 0 Å². The van der Waals surface area contributed by atoms with E-state index in [-0.39, 0.29) is 0 Å². The summed E-state index contributed by atoms with van der Waals surface area (Å²) in [5, 5.41) is 0. The second kappa shape index (κ2) is 1.20. The van der Waals surface area contributed by atoms with E-state index in [1.165, 1.54) is 0 Å². The highest BCUT2D eigenvalue weighted by Gasteiger charge is 2.26. The van der Waals surface area contributed by atoms with Gasteiger partial charge in [-0.05, 0) is 12.1 Å². The quantitative estimate of drug-likeness (QED) is 0.482. The van der Waals surface area contributed by atoms with Crippen molar-refractivity contribution in [3.63, 3.8) is 0 Å². The van der Waals surface area contributed by atoms with E-state index in [0.29, 0.717) is 0 Å². The lowest BCUT2D eigenvalue weighted by Gasteiger charge is -1.65. The minimum atomic E-state index is -0.715. The molecule has 0 N–H and O–H groups in total. The molecule has 0 aliphatic carbocycles. The predicted molar refractivity (Wildman–Crippen MR) is 31.1 cm³/mol. The molecule has 0 unspecified atom stereocenters. The van der Waals surface area contributed by atoms with Gasteiger partial charge in [-0.25, -0.2) is 4.21 Å². The van der Waals surface area contributed by atoms with E-state index < -0.39 is 10.8 Å². The van der Waals surface area contributed by atoms with E-state index in [1.807, 2.05) is 24.3 Å². The molecule has 1 aliphatic heterocycles. The van der Waals surface area contributed by atoms with Gasteiger partial charge >= 0.3 is 0 Å². The van der Waals surface area contributed by atoms with Crippen molar-refractivity contribution in [2.24, 2.45) is 0 Å². The minimum absolute atomic E-state index is 0.715. The lowest BCUT2D eigenvalue weighted by atomic mass is 10.4. The summed E-state index contributed by atoms with van der Waals surface area (Å²) in [6, 6.07) is 7.60. The Morgan fingerprint density at radius 1 is 1.12 bits per heavy atom. The first kappa shape index (κ1) is 4.27. The minimum Gasteiger partial charge on any atom is -0.249 e. The number of fused-ring (bicyclic) bond motifs is 1. The maximum absolute atomic E-state index is 10.7. The second-order valence-electron chi connectivity index (χ2n) is 1.72. The molecule has 0 saturated carbocycles. The van der Waals surface area contributed by atoms with Crippen molar-refractivity contribution >= 4 is 10.8 Å². The third-order valence-corrected chi connectivity index (χ3v) is 2.51. The van der Waals surface area contributed by atoms with Gasteiger partial charge in [0.2, 0.25) is 0 Å². The van der Waals surface area contributed by atoms with Crippen LogP contribution in [0.4, 0.5) is 0 Å². The first-order valence-corrected chi connectivity index (χ1v) is 3.55. The molecular weight excluding hydrogens is 120 g/mol.